The fraction of sp³-hybridized carbons (Fsp3) is 0.435. The molecule has 0 saturated carbocycles. The Morgan fingerprint density at radius 2 is 2.07 bits per heavy atom. The predicted octanol–water partition coefficient (Wildman–Crippen LogP) is 3.75. The Labute approximate surface area is 162 Å². The molecule has 1 N–H and O–H groups in total. The van der Waals surface area contributed by atoms with Crippen LogP contribution in [-0.2, 0) is 11.3 Å². The minimum absolute atomic E-state index is 0.0703. The monoisotopic (exact) mass is 366 g/mol. The first-order chi connectivity index (χ1) is 13.2. The molecule has 1 fully saturated rings. The number of rotatable bonds is 7. The summed E-state index contributed by atoms with van der Waals surface area (Å²) in [6.07, 6.45) is 2.37. The topological polar surface area (TPSA) is 41.6 Å². The van der Waals surface area contributed by atoms with E-state index in [0.717, 1.165) is 18.7 Å². The zero-order chi connectivity index (χ0) is 19.1. The minimum atomic E-state index is 0.0703. The molecule has 4 nitrogen and oxygen atoms in total. The molecule has 1 heterocycles. The van der Waals surface area contributed by atoms with Gasteiger partial charge in [-0.25, -0.2) is 0 Å². The zero-order valence-corrected chi connectivity index (χ0v) is 16.4. The summed E-state index contributed by atoms with van der Waals surface area (Å²) in [5, 5.41) is 3.46. The normalized spacial score (nSPS) is 16.9. The summed E-state index contributed by atoms with van der Waals surface area (Å²) in [7, 11) is 1.67. The summed E-state index contributed by atoms with van der Waals surface area (Å²) in [6, 6.07) is 16.4. The van der Waals surface area contributed by atoms with Crippen molar-refractivity contribution in [3.63, 3.8) is 0 Å². The van der Waals surface area contributed by atoms with Gasteiger partial charge >= 0.3 is 0 Å². The van der Waals surface area contributed by atoms with Crippen LogP contribution in [0.2, 0.25) is 0 Å². The van der Waals surface area contributed by atoms with Crippen LogP contribution in [0.1, 0.15) is 45.8 Å². The Bertz CT molecular complexity index is 754. The molecule has 2 aromatic carbocycles. The van der Waals surface area contributed by atoms with Crippen molar-refractivity contribution in [2.45, 2.75) is 32.2 Å². The third-order valence-corrected chi connectivity index (χ3v) is 5.38. The van der Waals surface area contributed by atoms with Crippen molar-refractivity contribution in [3.05, 3.63) is 70.8 Å². The number of amides is 1. The summed E-state index contributed by atoms with van der Waals surface area (Å²) in [5.74, 6) is 0.566. The zero-order valence-electron chi connectivity index (χ0n) is 16.4. The van der Waals surface area contributed by atoms with Crippen LogP contribution in [0, 0.1) is 6.92 Å². The van der Waals surface area contributed by atoms with Crippen molar-refractivity contribution in [2.24, 2.45) is 0 Å². The van der Waals surface area contributed by atoms with Crippen LogP contribution >= 0.6 is 0 Å². The van der Waals surface area contributed by atoms with Gasteiger partial charge in [0.15, 0.2) is 0 Å². The van der Waals surface area contributed by atoms with Crippen LogP contribution in [0.4, 0.5) is 0 Å². The van der Waals surface area contributed by atoms with E-state index in [0.29, 0.717) is 25.6 Å². The van der Waals surface area contributed by atoms with Crippen LogP contribution in [0.15, 0.2) is 48.5 Å². The summed E-state index contributed by atoms with van der Waals surface area (Å²) < 4.78 is 5.24. The first-order valence-electron chi connectivity index (χ1n) is 9.82. The maximum Gasteiger partial charge on any atom is 0.254 e. The first kappa shape index (κ1) is 19.6. The highest BCUT2D eigenvalue weighted by atomic mass is 16.5. The van der Waals surface area contributed by atoms with E-state index in [2.05, 4.69) is 36.5 Å². The number of hydrogen-bond acceptors (Lipinski definition) is 3. The lowest BCUT2D eigenvalue weighted by atomic mass is 9.90. The van der Waals surface area contributed by atoms with Gasteiger partial charge in [-0.15, -0.1) is 0 Å². The molecular weight excluding hydrogens is 336 g/mol. The van der Waals surface area contributed by atoms with Crippen LogP contribution < -0.4 is 5.32 Å². The molecule has 27 heavy (non-hydrogen) atoms. The Kier molecular flexibility index (Phi) is 7.02. The third-order valence-electron chi connectivity index (χ3n) is 5.38. The van der Waals surface area contributed by atoms with E-state index in [1.807, 2.05) is 29.2 Å². The van der Waals surface area contributed by atoms with Crippen LogP contribution in [0.25, 0.3) is 0 Å². The molecule has 0 spiro atoms. The second-order valence-electron chi connectivity index (χ2n) is 7.31. The van der Waals surface area contributed by atoms with Crippen molar-refractivity contribution in [3.8, 4) is 0 Å². The third kappa shape index (κ3) is 5.18. The Morgan fingerprint density at radius 3 is 2.81 bits per heavy atom. The van der Waals surface area contributed by atoms with Gasteiger partial charge in [0.2, 0.25) is 0 Å². The average molecular weight is 367 g/mol. The van der Waals surface area contributed by atoms with E-state index < -0.39 is 0 Å². The van der Waals surface area contributed by atoms with E-state index in [9.17, 15) is 4.79 Å². The number of methoxy groups -OCH3 is 1. The summed E-state index contributed by atoms with van der Waals surface area (Å²) in [6.45, 7) is 5.89. The molecule has 2 aromatic rings. The van der Waals surface area contributed by atoms with Gasteiger partial charge in [-0.3, -0.25) is 4.79 Å². The molecule has 0 radical (unpaired) electrons. The Morgan fingerprint density at radius 1 is 1.22 bits per heavy atom. The second-order valence-corrected chi connectivity index (χ2v) is 7.31. The highest BCUT2D eigenvalue weighted by Crippen LogP contribution is 2.24. The smallest absolute Gasteiger partial charge is 0.254 e. The highest BCUT2D eigenvalue weighted by molar-refractivity contribution is 5.94. The summed E-state index contributed by atoms with van der Waals surface area (Å²) in [5.41, 5.74) is 4.41. The molecule has 0 aliphatic carbocycles. The van der Waals surface area contributed by atoms with E-state index in [1.54, 1.807) is 7.11 Å². The number of benzene rings is 2. The van der Waals surface area contributed by atoms with Crippen LogP contribution in [0.5, 0.6) is 0 Å². The quantitative estimate of drug-likeness (QED) is 0.811. The molecule has 1 saturated heterocycles. The molecule has 144 valence electrons. The summed E-state index contributed by atoms with van der Waals surface area (Å²) >= 11 is 0. The molecule has 0 unspecified atom stereocenters. The second kappa shape index (κ2) is 9.67. The number of aryl methyl sites for hydroxylation is 1. The van der Waals surface area contributed by atoms with Crippen molar-refractivity contribution >= 4 is 5.91 Å². The first-order valence-corrected chi connectivity index (χ1v) is 9.82. The van der Waals surface area contributed by atoms with E-state index in [1.165, 1.54) is 29.5 Å². The van der Waals surface area contributed by atoms with E-state index in [-0.39, 0.29) is 5.91 Å². The number of nitrogens with zero attached hydrogens (tertiary/aromatic N) is 1. The van der Waals surface area contributed by atoms with Gasteiger partial charge in [-0.05, 0) is 61.1 Å². The molecule has 4 heteroatoms. The van der Waals surface area contributed by atoms with Gasteiger partial charge in [0.25, 0.3) is 5.91 Å². The highest BCUT2D eigenvalue weighted by Gasteiger charge is 2.20. The lowest BCUT2D eigenvalue weighted by Crippen LogP contribution is -2.34. The van der Waals surface area contributed by atoms with E-state index in [4.69, 9.17) is 4.74 Å². The predicted molar refractivity (Wildman–Crippen MR) is 109 cm³/mol. The molecule has 0 aromatic heterocycles. The SMILES string of the molecule is COCCN(Cc1ccccc1C)C(=O)c1cccc([C@H]2CCCNC2)c1. The standard InChI is InChI=1S/C23H30N2O2/c1-18-7-3-4-8-22(18)17-25(13-14-27-2)23(26)20-10-5-9-19(15-20)21-11-6-12-24-16-21/h3-5,7-10,15,21,24H,6,11-14,16-17H2,1-2H3/t21-/m0/s1. The summed E-state index contributed by atoms with van der Waals surface area (Å²) in [4.78, 5) is 15.1. The van der Waals surface area contributed by atoms with Crippen LogP contribution in [0.3, 0.4) is 0 Å². The van der Waals surface area contributed by atoms with Crippen molar-refractivity contribution in [1.82, 2.24) is 10.2 Å². The van der Waals surface area contributed by atoms with Gasteiger partial charge in [0.1, 0.15) is 0 Å². The van der Waals surface area contributed by atoms with Gasteiger partial charge in [0, 0.05) is 32.3 Å². The molecule has 0 bridgehead atoms. The molecule has 1 atom stereocenters. The Hall–Kier alpha value is -2.17. The number of carbonyl (C=O) groups excluding carboxylic acids is 1. The minimum Gasteiger partial charge on any atom is -0.383 e. The molecule has 3 rings (SSSR count). The molecule has 1 aliphatic rings. The average Bonchev–Trinajstić information content (AvgIpc) is 2.72. The van der Waals surface area contributed by atoms with Gasteiger partial charge < -0.3 is 15.0 Å². The Balaban J connectivity index is 1.79. The number of piperidine rings is 1. The fourth-order valence-electron chi connectivity index (χ4n) is 3.69. The van der Waals surface area contributed by atoms with Crippen LogP contribution in [-0.4, -0.2) is 44.2 Å². The largest absolute Gasteiger partial charge is 0.383 e. The number of ether oxygens (including phenoxy) is 1. The van der Waals surface area contributed by atoms with Gasteiger partial charge in [0.05, 0.1) is 6.61 Å². The number of carbonyl (C=O) groups is 1. The number of nitrogens with one attached hydrogen (secondary N) is 1. The molecule has 1 aliphatic heterocycles. The van der Waals surface area contributed by atoms with Crippen molar-refractivity contribution < 1.29 is 9.53 Å². The maximum absolute atomic E-state index is 13.3. The lowest BCUT2D eigenvalue weighted by Gasteiger charge is -2.25. The van der Waals surface area contributed by atoms with Crippen molar-refractivity contribution in [2.75, 3.05) is 33.4 Å². The van der Waals surface area contributed by atoms with E-state index >= 15 is 0 Å². The molecular formula is C23H30N2O2. The maximum atomic E-state index is 13.3. The van der Waals surface area contributed by atoms with Gasteiger partial charge in [-0.1, -0.05) is 36.4 Å². The van der Waals surface area contributed by atoms with Gasteiger partial charge in [-0.2, -0.15) is 0 Å². The van der Waals surface area contributed by atoms with Crippen molar-refractivity contribution in [1.29, 1.82) is 0 Å². The number of hydrogen-bond donors (Lipinski definition) is 1. The fourth-order valence-corrected chi connectivity index (χ4v) is 3.69. The molecule has 1 amide bonds. The lowest BCUT2D eigenvalue weighted by molar-refractivity contribution is 0.0680.